The largest absolute Gasteiger partial charge is 0.311 e. The molecule has 19 heavy (non-hydrogen) atoms. The molecular formula is C13H15N3O2S. The van der Waals surface area contributed by atoms with E-state index in [0.29, 0.717) is 19.5 Å². The molecule has 6 heteroatoms. The van der Waals surface area contributed by atoms with Crippen molar-refractivity contribution in [3.8, 4) is 0 Å². The first-order valence-corrected chi connectivity index (χ1v) is 6.89. The van der Waals surface area contributed by atoms with Gasteiger partial charge in [0.25, 0.3) is 5.69 Å². The molecule has 0 radical (unpaired) electrons. The minimum Gasteiger partial charge on any atom is -0.311 e. The number of nitrogens with one attached hydrogen (secondary N) is 1. The van der Waals surface area contributed by atoms with E-state index in [2.05, 4.69) is 10.3 Å². The molecule has 0 saturated heterocycles. The van der Waals surface area contributed by atoms with Crippen LogP contribution in [0.25, 0.3) is 0 Å². The molecule has 0 amide bonds. The second-order valence-electron chi connectivity index (χ2n) is 4.17. The van der Waals surface area contributed by atoms with Crippen LogP contribution in [0.15, 0.2) is 29.6 Å². The Balaban J connectivity index is 1.84. The third-order valence-corrected chi connectivity index (χ3v) is 3.55. The molecule has 0 fully saturated rings. The van der Waals surface area contributed by atoms with Gasteiger partial charge in [0.1, 0.15) is 0 Å². The average molecular weight is 277 g/mol. The van der Waals surface area contributed by atoms with Gasteiger partial charge in [-0.3, -0.25) is 10.1 Å². The van der Waals surface area contributed by atoms with Gasteiger partial charge < -0.3 is 5.32 Å². The van der Waals surface area contributed by atoms with Gasteiger partial charge in [-0.2, -0.15) is 0 Å². The molecule has 100 valence electrons. The van der Waals surface area contributed by atoms with E-state index in [-0.39, 0.29) is 10.6 Å². The van der Waals surface area contributed by atoms with Crippen molar-refractivity contribution in [3.63, 3.8) is 0 Å². The maximum Gasteiger partial charge on any atom is 0.272 e. The number of nitro benzene ring substituents is 1. The Labute approximate surface area is 115 Å². The third kappa shape index (κ3) is 3.84. The lowest BCUT2D eigenvalue weighted by Gasteiger charge is -2.04. The number of rotatable bonds is 6. The van der Waals surface area contributed by atoms with Gasteiger partial charge in [-0.05, 0) is 19.9 Å². The first kappa shape index (κ1) is 13.6. The summed E-state index contributed by atoms with van der Waals surface area (Å²) in [5, 5.41) is 17.2. The van der Waals surface area contributed by atoms with Crippen LogP contribution in [0.4, 0.5) is 5.69 Å². The summed E-state index contributed by atoms with van der Waals surface area (Å²) in [5.74, 6) is 0. The molecule has 0 aliphatic carbocycles. The molecule has 2 aromatic rings. The molecule has 1 aromatic carbocycles. The fourth-order valence-corrected chi connectivity index (χ4v) is 2.44. The number of para-hydroxylation sites is 1. The Bertz CT molecular complexity index is 569. The summed E-state index contributed by atoms with van der Waals surface area (Å²) in [7, 11) is 0. The standard InChI is InChI=1S/C13H15N3O2S/c1-10-15-12(9-19-10)8-14-7-6-11-4-2-3-5-13(11)16(17)18/h2-5,9,14H,6-8H2,1H3. The predicted octanol–water partition coefficient (Wildman–Crippen LogP) is 2.69. The molecule has 0 atom stereocenters. The van der Waals surface area contributed by atoms with E-state index in [1.54, 1.807) is 29.5 Å². The monoisotopic (exact) mass is 277 g/mol. The molecule has 5 nitrogen and oxygen atoms in total. The van der Waals surface area contributed by atoms with Crippen molar-refractivity contribution in [1.82, 2.24) is 10.3 Å². The molecular weight excluding hydrogens is 262 g/mol. The summed E-state index contributed by atoms with van der Waals surface area (Å²) in [6, 6.07) is 6.85. The topological polar surface area (TPSA) is 68.1 Å². The molecule has 1 heterocycles. The van der Waals surface area contributed by atoms with Crippen LogP contribution >= 0.6 is 11.3 Å². The van der Waals surface area contributed by atoms with Gasteiger partial charge in [0.05, 0.1) is 15.6 Å². The van der Waals surface area contributed by atoms with Crippen molar-refractivity contribution < 1.29 is 4.92 Å². The first-order valence-electron chi connectivity index (χ1n) is 6.01. The predicted molar refractivity (Wildman–Crippen MR) is 75.4 cm³/mol. The Morgan fingerprint density at radius 1 is 1.42 bits per heavy atom. The summed E-state index contributed by atoms with van der Waals surface area (Å²) >= 11 is 1.62. The summed E-state index contributed by atoms with van der Waals surface area (Å²) in [6.07, 6.45) is 0.639. The molecule has 1 N–H and O–H groups in total. The highest BCUT2D eigenvalue weighted by Crippen LogP contribution is 2.17. The number of aryl methyl sites for hydroxylation is 1. The highest BCUT2D eigenvalue weighted by atomic mass is 32.1. The van der Waals surface area contributed by atoms with Crippen LogP contribution in [0.5, 0.6) is 0 Å². The van der Waals surface area contributed by atoms with Crippen LogP contribution in [0.1, 0.15) is 16.3 Å². The maximum absolute atomic E-state index is 10.9. The summed E-state index contributed by atoms with van der Waals surface area (Å²) in [4.78, 5) is 14.9. The first-order chi connectivity index (χ1) is 9.16. The number of hydrogen-bond acceptors (Lipinski definition) is 5. The van der Waals surface area contributed by atoms with Gasteiger partial charge in [0.2, 0.25) is 0 Å². The van der Waals surface area contributed by atoms with Gasteiger partial charge in [0, 0.05) is 23.6 Å². The fraction of sp³-hybridized carbons (Fsp3) is 0.308. The Hall–Kier alpha value is -1.79. The smallest absolute Gasteiger partial charge is 0.272 e. The normalized spacial score (nSPS) is 10.6. The average Bonchev–Trinajstić information content (AvgIpc) is 2.81. The van der Waals surface area contributed by atoms with Crippen LogP contribution in [-0.4, -0.2) is 16.5 Å². The minimum atomic E-state index is -0.334. The highest BCUT2D eigenvalue weighted by molar-refractivity contribution is 7.09. The number of nitro groups is 1. The van der Waals surface area contributed by atoms with Crippen LogP contribution in [0, 0.1) is 17.0 Å². The van der Waals surface area contributed by atoms with E-state index in [0.717, 1.165) is 16.3 Å². The van der Waals surface area contributed by atoms with E-state index in [1.807, 2.05) is 18.4 Å². The van der Waals surface area contributed by atoms with Gasteiger partial charge >= 0.3 is 0 Å². The molecule has 0 bridgehead atoms. The molecule has 0 aliphatic heterocycles. The lowest BCUT2D eigenvalue weighted by Crippen LogP contribution is -2.17. The maximum atomic E-state index is 10.9. The van der Waals surface area contributed by atoms with Gasteiger partial charge in [0.15, 0.2) is 0 Å². The van der Waals surface area contributed by atoms with Crippen LogP contribution in [0.3, 0.4) is 0 Å². The van der Waals surface area contributed by atoms with E-state index in [9.17, 15) is 10.1 Å². The van der Waals surface area contributed by atoms with Gasteiger partial charge in [-0.25, -0.2) is 4.98 Å². The van der Waals surface area contributed by atoms with Crippen molar-refractivity contribution in [2.24, 2.45) is 0 Å². The minimum absolute atomic E-state index is 0.189. The zero-order valence-electron chi connectivity index (χ0n) is 10.6. The van der Waals surface area contributed by atoms with Crippen LogP contribution in [0.2, 0.25) is 0 Å². The Kier molecular flexibility index (Phi) is 4.59. The van der Waals surface area contributed by atoms with E-state index < -0.39 is 0 Å². The molecule has 0 saturated carbocycles. The van der Waals surface area contributed by atoms with Crippen molar-refractivity contribution in [2.45, 2.75) is 19.9 Å². The lowest BCUT2D eigenvalue weighted by atomic mass is 10.1. The van der Waals surface area contributed by atoms with Crippen molar-refractivity contribution in [2.75, 3.05) is 6.54 Å². The van der Waals surface area contributed by atoms with Crippen LogP contribution < -0.4 is 5.32 Å². The number of benzene rings is 1. The molecule has 2 rings (SSSR count). The van der Waals surface area contributed by atoms with E-state index >= 15 is 0 Å². The number of aromatic nitrogens is 1. The summed E-state index contributed by atoms with van der Waals surface area (Å²) in [5.41, 5.74) is 1.97. The van der Waals surface area contributed by atoms with E-state index in [1.165, 1.54) is 0 Å². The quantitative estimate of drug-likeness (QED) is 0.501. The fourth-order valence-electron chi connectivity index (χ4n) is 1.83. The second kappa shape index (κ2) is 6.40. The SMILES string of the molecule is Cc1nc(CNCCc2ccccc2[N+](=O)[O-])cs1. The van der Waals surface area contributed by atoms with Gasteiger partial charge in [-0.15, -0.1) is 11.3 Å². The lowest BCUT2D eigenvalue weighted by molar-refractivity contribution is -0.385. The summed E-state index contributed by atoms with van der Waals surface area (Å²) in [6.45, 7) is 3.37. The summed E-state index contributed by atoms with van der Waals surface area (Å²) < 4.78 is 0. The van der Waals surface area contributed by atoms with Crippen molar-refractivity contribution >= 4 is 17.0 Å². The second-order valence-corrected chi connectivity index (χ2v) is 5.23. The van der Waals surface area contributed by atoms with E-state index in [4.69, 9.17) is 0 Å². The Morgan fingerprint density at radius 3 is 2.89 bits per heavy atom. The molecule has 1 aromatic heterocycles. The molecule has 0 unspecified atom stereocenters. The molecule has 0 aliphatic rings. The zero-order valence-corrected chi connectivity index (χ0v) is 11.4. The van der Waals surface area contributed by atoms with Crippen LogP contribution in [-0.2, 0) is 13.0 Å². The number of nitrogens with zero attached hydrogens (tertiary/aromatic N) is 2. The number of hydrogen-bond donors (Lipinski definition) is 1. The number of thiazole rings is 1. The third-order valence-electron chi connectivity index (χ3n) is 2.73. The zero-order chi connectivity index (χ0) is 13.7. The molecule has 0 spiro atoms. The highest BCUT2D eigenvalue weighted by Gasteiger charge is 2.11. The Morgan fingerprint density at radius 2 is 2.21 bits per heavy atom. The van der Waals surface area contributed by atoms with Crippen molar-refractivity contribution in [3.05, 3.63) is 56.0 Å². The van der Waals surface area contributed by atoms with Crippen molar-refractivity contribution in [1.29, 1.82) is 0 Å². The van der Waals surface area contributed by atoms with Gasteiger partial charge in [-0.1, -0.05) is 18.2 Å².